The molecule has 6 heteroatoms. The number of nitrogens with zero attached hydrogens (tertiary/aromatic N) is 1. The Hall–Kier alpha value is -1.85. The molecule has 0 saturated carbocycles. The average molecular weight is 280 g/mol. The molecule has 0 aliphatic rings. The third kappa shape index (κ3) is 3.56. The Morgan fingerprint density at radius 1 is 1.42 bits per heavy atom. The van der Waals surface area contributed by atoms with Crippen LogP contribution in [0.2, 0.25) is 5.02 Å². The normalized spacial score (nSPS) is 10.4. The quantitative estimate of drug-likeness (QED) is 0.880. The summed E-state index contributed by atoms with van der Waals surface area (Å²) in [5, 5.41) is 3.10. The Bertz CT molecular complexity index is 613. The van der Waals surface area contributed by atoms with Gasteiger partial charge in [-0.1, -0.05) is 35.9 Å². The minimum Gasteiger partial charge on any atom is -0.380 e. The van der Waals surface area contributed by atoms with Gasteiger partial charge in [0.1, 0.15) is 5.02 Å². The molecule has 0 aliphatic heterocycles. The minimum absolute atomic E-state index is 0.0653. The number of hydrogen-bond acceptors (Lipinski definition) is 4. The van der Waals surface area contributed by atoms with E-state index in [2.05, 4.69) is 15.3 Å². The highest BCUT2D eigenvalue weighted by atomic mass is 35.5. The first kappa shape index (κ1) is 13.6. The van der Waals surface area contributed by atoms with E-state index in [1.54, 1.807) is 7.11 Å². The zero-order valence-corrected chi connectivity index (χ0v) is 11.2. The lowest BCUT2D eigenvalue weighted by Gasteiger charge is -2.08. The van der Waals surface area contributed by atoms with Gasteiger partial charge < -0.3 is 15.0 Å². The molecular weight excluding hydrogens is 266 g/mol. The van der Waals surface area contributed by atoms with Crippen LogP contribution in [0, 0.1) is 0 Å². The van der Waals surface area contributed by atoms with Gasteiger partial charge in [0.05, 0.1) is 12.9 Å². The summed E-state index contributed by atoms with van der Waals surface area (Å²) in [6.07, 6.45) is 1.32. The molecule has 0 amide bonds. The van der Waals surface area contributed by atoms with Crippen LogP contribution >= 0.6 is 11.6 Å². The van der Waals surface area contributed by atoms with Crippen molar-refractivity contribution in [3.05, 3.63) is 57.1 Å². The van der Waals surface area contributed by atoms with Crippen molar-refractivity contribution in [2.24, 2.45) is 0 Å². The Morgan fingerprint density at radius 3 is 3.00 bits per heavy atom. The fourth-order valence-electron chi connectivity index (χ4n) is 1.69. The second-order valence-electron chi connectivity index (χ2n) is 4.00. The largest absolute Gasteiger partial charge is 0.380 e. The summed E-state index contributed by atoms with van der Waals surface area (Å²) >= 11 is 5.85. The molecule has 0 radical (unpaired) electrons. The van der Waals surface area contributed by atoms with Crippen LogP contribution in [0.15, 0.2) is 35.4 Å². The van der Waals surface area contributed by atoms with E-state index in [-0.39, 0.29) is 10.6 Å². The Balaban J connectivity index is 2.08. The van der Waals surface area contributed by atoms with Crippen molar-refractivity contribution in [1.82, 2.24) is 9.97 Å². The molecule has 2 N–H and O–H groups in total. The average Bonchev–Trinajstić information content (AvgIpc) is 2.41. The maximum atomic E-state index is 11.3. The fourth-order valence-corrected chi connectivity index (χ4v) is 1.86. The maximum Gasteiger partial charge on any atom is 0.271 e. The van der Waals surface area contributed by atoms with Crippen LogP contribution in [0.1, 0.15) is 11.1 Å². The van der Waals surface area contributed by atoms with Crippen LogP contribution in [-0.4, -0.2) is 17.1 Å². The predicted molar refractivity (Wildman–Crippen MR) is 74.3 cm³/mol. The van der Waals surface area contributed by atoms with E-state index in [0.717, 1.165) is 11.1 Å². The second-order valence-corrected chi connectivity index (χ2v) is 4.38. The van der Waals surface area contributed by atoms with E-state index in [1.165, 1.54) is 6.33 Å². The number of aromatic nitrogens is 2. The first-order chi connectivity index (χ1) is 9.20. The first-order valence-electron chi connectivity index (χ1n) is 5.74. The highest BCUT2D eigenvalue weighted by Crippen LogP contribution is 2.14. The smallest absolute Gasteiger partial charge is 0.271 e. The topological polar surface area (TPSA) is 67.0 Å². The van der Waals surface area contributed by atoms with Crippen molar-refractivity contribution in [2.45, 2.75) is 13.2 Å². The van der Waals surface area contributed by atoms with Crippen LogP contribution < -0.4 is 10.9 Å². The van der Waals surface area contributed by atoms with Crippen LogP contribution in [0.25, 0.3) is 0 Å². The maximum absolute atomic E-state index is 11.3. The molecule has 1 aromatic heterocycles. The highest BCUT2D eigenvalue weighted by molar-refractivity contribution is 6.32. The Kier molecular flexibility index (Phi) is 4.54. The van der Waals surface area contributed by atoms with Crippen molar-refractivity contribution in [1.29, 1.82) is 0 Å². The number of aromatic amines is 1. The Morgan fingerprint density at radius 2 is 2.21 bits per heavy atom. The predicted octanol–water partition coefficient (Wildman–Crippen LogP) is 2.18. The number of H-pyrrole nitrogens is 1. The lowest BCUT2D eigenvalue weighted by molar-refractivity contribution is 0.185. The second kappa shape index (κ2) is 6.36. The summed E-state index contributed by atoms with van der Waals surface area (Å²) in [4.78, 5) is 17.7. The molecule has 1 aromatic carbocycles. The number of methoxy groups -OCH3 is 1. The van der Waals surface area contributed by atoms with E-state index in [1.807, 2.05) is 24.3 Å². The molecule has 0 aliphatic carbocycles. The zero-order chi connectivity index (χ0) is 13.7. The molecule has 2 rings (SSSR count). The van der Waals surface area contributed by atoms with E-state index < -0.39 is 0 Å². The Labute approximate surface area is 115 Å². The van der Waals surface area contributed by atoms with E-state index in [4.69, 9.17) is 16.3 Å². The van der Waals surface area contributed by atoms with Crippen molar-refractivity contribution >= 4 is 17.4 Å². The minimum atomic E-state index is -0.354. The summed E-state index contributed by atoms with van der Waals surface area (Å²) in [6, 6.07) is 7.95. The van der Waals surface area contributed by atoms with E-state index in [0.29, 0.717) is 19.0 Å². The molecule has 2 aromatic rings. The van der Waals surface area contributed by atoms with Crippen LogP contribution in [0.3, 0.4) is 0 Å². The summed E-state index contributed by atoms with van der Waals surface area (Å²) in [5.74, 6) is 0.377. The molecule has 0 bridgehead atoms. The van der Waals surface area contributed by atoms with Gasteiger partial charge in [0.15, 0.2) is 5.82 Å². The molecular formula is C13H14ClN3O2. The molecule has 0 spiro atoms. The number of benzene rings is 1. The van der Waals surface area contributed by atoms with Crippen molar-refractivity contribution in [2.75, 3.05) is 12.4 Å². The fraction of sp³-hybridized carbons (Fsp3) is 0.231. The molecule has 1 heterocycles. The van der Waals surface area contributed by atoms with Gasteiger partial charge >= 0.3 is 0 Å². The van der Waals surface area contributed by atoms with Gasteiger partial charge in [-0.25, -0.2) is 4.98 Å². The molecule has 100 valence electrons. The summed E-state index contributed by atoms with van der Waals surface area (Å²) in [7, 11) is 1.66. The monoisotopic (exact) mass is 279 g/mol. The summed E-state index contributed by atoms with van der Waals surface area (Å²) < 4.78 is 5.08. The van der Waals surface area contributed by atoms with Crippen molar-refractivity contribution in [3.63, 3.8) is 0 Å². The first-order valence-corrected chi connectivity index (χ1v) is 6.12. The van der Waals surface area contributed by atoms with Crippen molar-refractivity contribution < 1.29 is 4.74 Å². The molecule has 0 atom stereocenters. The van der Waals surface area contributed by atoms with Crippen molar-refractivity contribution in [3.8, 4) is 0 Å². The summed E-state index contributed by atoms with van der Waals surface area (Å²) in [6.45, 7) is 1.10. The summed E-state index contributed by atoms with van der Waals surface area (Å²) in [5.41, 5.74) is 1.80. The number of anilines is 1. The number of ether oxygens (including phenoxy) is 1. The van der Waals surface area contributed by atoms with Crippen LogP contribution in [0.4, 0.5) is 5.82 Å². The van der Waals surface area contributed by atoms with Gasteiger partial charge in [-0.2, -0.15) is 0 Å². The van der Waals surface area contributed by atoms with Gasteiger partial charge in [0.25, 0.3) is 5.56 Å². The molecule has 5 nitrogen and oxygen atoms in total. The zero-order valence-electron chi connectivity index (χ0n) is 10.4. The van der Waals surface area contributed by atoms with Gasteiger partial charge in [-0.3, -0.25) is 4.79 Å². The van der Waals surface area contributed by atoms with E-state index in [9.17, 15) is 4.79 Å². The molecule has 0 saturated heterocycles. The third-order valence-corrected chi connectivity index (χ3v) is 2.91. The number of halogens is 1. The molecule has 19 heavy (non-hydrogen) atoms. The molecule has 0 unspecified atom stereocenters. The van der Waals surface area contributed by atoms with Gasteiger partial charge in [-0.15, -0.1) is 0 Å². The van der Waals surface area contributed by atoms with Gasteiger partial charge in [0, 0.05) is 13.7 Å². The lowest BCUT2D eigenvalue weighted by Crippen LogP contribution is -2.11. The lowest BCUT2D eigenvalue weighted by atomic mass is 10.1. The van der Waals surface area contributed by atoms with Gasteiger partial charge in [-0.05, 0) is 11.1 Å². The van der Waals surface area contributed by atoms with Gasteiger partial charge in [0.2, 0.25) is 0 Å². The highest BCUT2D eigenvalue weighted by Gasteiger charge is 2.05. The van der Waals surface area contributed by atoms with Crippen LogP contribution in [0.5, 0.6) is 0 Å². The number of rotatable bonds is 5. The third-order valence-electron chi connectivity index (χ3n) is 2.56. The number of hydrogen-bond donors (Lipinski definition) is 2. The SMILES string of the molecule is COCc1cccc(CNc2nc[nH]c(=O)c2Cl)c1. The number of nitrogens with one attached hydrogen (secondary N) is 2. The standard InChI is InChI=1S/C13H14ClN3O2/c1-19-7-10-4-2-3-9(5-10)6-15-12-11(14)13(18)17-8-16-12/h2-5,8H,6-7H2,1H3,(H2,15,16,17,18). The van der Waals surface area contributed by atoms with Crippen LogP contribution in [-0.2, 0) is 17.9 Å². The molecule has 0 fully saturated rings. The van der Waals surface area contributed by atoms with E-state index >= 15 is 0 Å².